The Bertz CT molecular complexity index is 1740. The van der Waals surface area contributed by atoms with Crippen LogP contribution in [0.15, 0.2) is 109 Å². The van der Waals surface area contributed by atoms with Crippen molar-refractivity contribution in [2.24, 2.45) is 0 Å². The molecule has 224 valence electrons. The summed E-state index contributed by atoms with van der Waals surface area (Å²) in [5.41, 5.74) is 14.1. The van der Waals surface area contributed by atoms with Gasteiger partial charge in [-0.1, -0.05) is 160 Å². The zero-order valence-electron chi connectivity index (χ0n) is 26.2. The molecule has 0 radical (unpaired) electrons. The number of fused-ring (bicyclic) bond motifs is 1. The topological polar surface area (TPSA) is 25.8 Å². The highest BCUT2D eigenvalue weighted by atomic mass is 32.1. The Labute approximate surface area is 272 Å². The SMILES string of the molecule is CCCCc1ccc(/C=C/c2ccc(-c3ccc(-c4ccc(/C=C/c5ccc(CCCC)cc5)cc4)c4nsnc34)cc2)cc1. The van der Waals surface area contributed by atoms with Crippen molar-refractivity contribution < 1.29 is 0 Å². The molecule has 1 aromatic heterocycles. The van der Waals surface area contributed by atoms with E-state index in [9.17, 15) is 0 Å². The van der Waals surface area contributed by atoms with Crippen LogP contribution in [0.3, 0.4) is 0 Å². The van der Waals surface area contributed by atoms with Crippen LogP contribution >= 0.6 is 11.7 Å². The van der Waals surface area contributed by atoms with Gasteiger partial charge in [-0.05, 0) is 70.2 Å². The molecule has 6 rings (SSSR count). The van der Waals surface area contributed by atoms with Crippen LogP contribution in [0.2, 0.25) is 0 Å². The summed E-state index contributed by atoms with van der Waals surface area (Å²) in [6, 6.07) is 39.6. The van der Waals surface area contributed by atoms with Gasteiger partial charge < -0.3 is 0 Å². The molecule has 0 saturated heterocycles. The molecule has 0 amide bonds. The first-order valence-electron chi connectivity index (χ1n) is 16.2. The Morgan fingerprint density at radius 1 is 0.444 bits per heavy atom. The van der Waals surface area contributed by atoms with Gasteiger partial charge in [0, 0.05) is 11.1 Å². The summed E-state index contributed by atoms with van der Waals surface area (Å²) in [6.45, 7) is 4.48. The Morgan fingerprint density at radius 3 is 1.11 bits per heavy atom. The van der Waals surface area contributed by atoms with Crippen LogP contribution < -0.4 is 0 Å². The van der Waals surface area contributed by atoms with Crippen molar-refractivity contribution in [3.63, 3.8) is 0 Å². The fourth-order valence-electron chi connectivity index (χ4n) is 5.62. The van der Waals surface area contributed by atoms with Gasteiger partial charge in [0.15, 0.2) is 0 Å². The molecule has 0 atom stereocenters. The number of rotatable bonds is 12. The molecular weight excluding hydrogens is 565 g/mol. The normalized spacial score (nSPS) is 11.7. The predicted octanol–water partition coefficient (Wildman–Crippen LogP) is 12.1. The second-order valence-corrected chi connectivity index (χ2v) is 12.3. The van der Waals surface area contributed by atoms with Crippen molar-refractivity contribution >= 4 is 47.1 Å². The summed E-state index contributed by atoms with van der Waals surface area (Å²) in [4.78, 5) is 0. The van der Waals surface area contributed by atoms with Crippen molar-refractivity contribution in [2.45, 2.75) is 52.4 Å². The van der Waals surface area contributed by atoms with Gasteiger partial charge in [-0.3, -0.25) is 0 Å². The molecule has 0 unspecified atom stereocenters. The summed E-state index contributed by atoms with van der Waals surface area (Å²) >= 11 is 1.28. The van der Waals surface area contributed by atoms with Crippen molar-refractivity contribution in [1.82, 2.24) is 8.75 Å². The number of benzene rings is 5. The Kier molecular flexibility index (Phi) is 10.1. The molecule has 3 heteroatoms. The minimum Gasteiger partial charge on any atom is -0.172 e. The highest BCUT2D eigenvalue weighted by Crippen LogP contribution is 2.35. The van der Waals surface area contributed by atoms with E-state index in [1.54, 1.807) is 0 Å². The molecule has 6 aromatic rings. The maximum Gasteiger partial charge on any atom is 0.113 e. The number of hydrogen-bond acceptors (Lipinski definition) is 3. The lowest BCUT2D eigenvalue weighted by Crippen LogP contribution is -1.86. The molecule has 2 nitrogen and oxygen atoms in total. The molecule has 1 heterocycles. The molecule has 45 heavy (non-hydrogen) atoms. The third-order valence-electron chi connectivity index (χ3n) is 8.39. The van der Waals surface area contributed by atoms with E-state index in [0.29, 0.717) is 0 Å². The highest BCUT2D eigenvalue weighted by molar-refractivity contribution is 7.00. The number of unbranched alkanes of at least 4 members (excludes halogenated alkanes) is 2. The summed E-state index contributed by atoms with van der Waals surface area (Å²) in [5, 5.41) is 0. The van der Waals surface area contributed by atoms with Crippen molar-refractivity contribution in [3.05, 3.63) is 143 Å². The van der Waals surface area contributed by atoms with Crippen LogP contribution in [-0.4, -0.2) is 8.75 Å². The lowest BCUT2D eigenvalue weighted by molar-refractivity contribution is 0.795. The van der Waals surface area contributed by atoms with Gasteiger partial charge in [-0.25, -0.2) is 0 Å². The summed E-state index contributed by atoms with van der Waals surface area (Å²) in [5.74, 6) is 0. The van der Waals surface area contributed by atoms with E-state index >= 15 is 0 Å². The van der Waals surface area contributed by atoms with E-state index in [-0.39, 0.29) is 0 Å². The second kappa shape index (κ2) is 14.9. The van der Waals surface area contributed by atoms with Crippen LogP contribution in [0, 0.1) is 0 Å². The molecule has 0 fully saturated rings. The summed E-state index contributed by atoms with van der Waals surface area (Å²) < 4.78 is 9.43. The van der Waals surface area contributed by atoms with E-state index < -0.39 is 0 Å². The Hall–Kier alpha value is -4.60. The van der Waals surface area contributed by atoms with Crippen molar-refractivity contribution in [2.75, 3.05) is 0 Å². The van der Waals surface area contributed by atoms with Crippen molar-refractivity contribution in [3.8, 4) is 22.3 Å². The first-order valence-corrected chi connectivity index (χ1v) is 16.9. The van der Waals surface area contributed by atoms with Crippen molar-refractivity contribution in [1.29, 1.82) is 0 Å². The van der Waals surface area contributed by atoms with E-state index in [1.165, 1.54) is 70.8 Å². The zero-order valence-corrected chi connectivity index (χ0v) is 27.1. The molecule has 0 N–H and O–H groups in total. The van der Waals surface area contributed by atoms with E-state index in [1.807, 2.05) is 0 Å². The molecule has 0 saturated carbocycles. The van der Waals surface area contributed by atoms with Gasteiger partial charge in [0.2, 0.25) is 0 Å². The molecule has 0 aliphatic carbocycles. The number of nitrogens with zero attached hydrogens (tertiary/aromatic N) is 2. The number of aryl methyl sites for hydroxylation is 2. The second-order valence-electron chi connectivity index (χ2n) is 11.7. The van der Waals surface area contributed by atoms with E-state index in [4.69, 9.17) is 8.75 Å². The van der Waals surface area contributed by atoms with Gasteiger partial charge in [0.1, 0.15) is 11.0 Å². The molecule has 0 spiro atoms. The highest BCUT2D eigenvalue weighted by Gasteiger charge is 2.13. The van der Waals surface area contributed by atoms with Crippen LogP contribution in [-0.2, 0) is 12.8 Å². The number of hydrogen-bond donors (Lipinski definition) is 0. The maximum atomic E-state index is 4.71. The molecule has 0 aliphatic heterocycles. The first-order chi connectivity index (χ1) is 22.2. The minimum atomic E-state index is 0.954. The van der Waals surface area contributed by atoms with Crippen LogP contribution in [0.4, 0.5) is 0 Å². The summed E-state index contributed by atoms with van der Waals surface area (Å²) in [6.07, 6.45) is 16.0. The lowest BCUT2D eigenvalue weighted by atomic mass is 9.96. The fourth-order valence-corrected chi connectivity index (χ4v) is 6.19. The molecule has 5 aromatic carbocycles. The zero-order chi connectivity index (χ0) is 30.8. The fraction of sp³-hybridized carbons (Fsp3) is 0.190. The van der Waals surface area contributed by atoms with E-state index in [0.717, 1.165) is 46.1 Å². The first kappa shape index (κ1) is 30.4. The monoisotopic (exact) mass is 604 g/mol. The predicted molar refractivity (Wildman–Crippen MR) is 196 cm³/mol. The lowest BCUT2D eigenvalue weighted by Gasteiger charge is -2.08. The van der Waals surface area contributed by atoms with E-state index in [2.05, 4.69) is 147 Å². The third-order valence-corrected chi connectivity index (χ3v) is 8.92. The summed E-state index contributed by atoms with van der Waals surface area (Å²) in [7, 11) is 0. The van der Waals surface area contributed by atoms with Gasteiger partial charge in [-0.2, -0.15) is 8.75 Å². The Morgan fingerprint density at radius 2 is 0.778 bits per heavy atom. The third kappa shape index (κ3) is 7.74. The molecule has 0 bridgehead atoms. The quantitative estimate of drug-likeness (QED) is 0.130. The van der Waals surface area contributed by atoms with Gasteiger partial charge in [0.05, 0.1) is 11.7 Å². The average Bonchev–Trinajstić information content (AvgIpc) is 3.59. The van der Waals surface area contributed by atoms with Gasteiger partial charge in [0.25, 0.3) is 0 Å². The smallest absolute Gasteiger partial charge is 0.113 e. The van der Waals surface area contributed by atoms with Crippen LogP contribution in [0.25, 0.3) is 57.6 Å². The molecular formula is C42H40N2S. The Balaban J connectivity index is 1.14. The van der Waals surface area contributed by atoms with Crippen LogP contribution in [0.5, 0.6) is 0 Å². The van der Waals surface area contributed by atoms with Crippen LogP contribution in [0.1, 0.15) is 72.9 Å². The molecule has 0 aliphatic rings. The maximum absolute atomic E-state index is 4.71. The minimum absolute atomic E-state index is 0.954. The van der Waals surface area contributed by atoms with Gasteiger partial charge in [-0.15, -0.1) is 0 Å². The van der Waals surface area contributed by atoms with Gasteiger partial charge >= 0.3 is 0 Å². The average molecular weight is 605 g/mol. The standard InChI is InChI=1S/C42H40N2S/c1-3-5-7-31-9-13-33(14-10-31)17-19-35-21-25-37(26-22-35)39-29-30-40(42-41(39)43-45-44-42)38-27-23-36(24-28-38)20-18-34-15-11-32(12-16-34)8-6-4-2/h9-30H,3-8H2,1-2H3/b19-17+,20-18+. The number of aromatic nitrogens is 2. The largest absolute Gasteiger partial charge is 0.172 e.